The van der Waals surface area contributed by atoms with Crippen molar-refractivity contribution in [3.8, 4) is 11.5 Å². The first-order chi connectivity index (χ1) is 14.2. The maximum absolute atomic E-state index is 12.5. The summed E-state index contributed by atoms with van der Waals surface area (Å²) in [6, 6.07) is 15.2. The largest absolute Gasteiger partial charge is 0.411 e. The molecule has 0 saturated carbocycles. The van der Waals surface area contributed by atoms with Crippen LogP contribution < -0.4 is 10.2 Å². The fourth-order valence-electron chi connectivity index (χ4n) is 3.30. The SMILES string of the molecule is O=C(CSc1nnc(-c2ccccc2)o1)Nc1cc(Cl)ccc1N1CCCCC1. The fraction of sp³-hybridized carbons (Fsp3) is 0.286. The fourth-order valence-corrected chi connectivity index (χ4v) is 4.03. The highest BCUT2D eigenvalue weighted by Crippen LogP contribution is 2.31. The zero-order valence-corrected chi connectivity index (χ0v) is 17.4. The van der Waals surface area contributed by atoms with Crippen LogP contribution in [0.3, 0.4) is 0 Å². The first kappa shape index (κ1) is 19.8. The standard InChI is InChI=1S/C21H21ClN4O2S/c22-16-9-10-18(26-11-5-2-6-12-26)17(13-16)23-19(27)14-29-21-25-24-20(28-21)15-7-3-1-4-8-15/h1,3-4,7-10,13H,2,5-6,11-12,14H2,(H,23,27). The van der Waals surface area contributed by atoms with Crippen LogP contribution in [-0.4, -0.2) is 34.9 Å². The molecule has 0 spiro atoms. The van der Waals surface area contributed by atoms with Crippen LogP contribution in [0.5, 0.6) is 0 Å². The van der Waals surface area contributed by atoms with E-state index in [1.54, 1.807) is 6.07 Å². The molecular weight excluding hydrogens is 408 g/mol. The number of rotatable bonds is 6. The van der Waals surface area contributed by atoms with Crippen molar-refractivity contribution in [3.05, 3.63) is 53.6 Å². The maximum Gasteiger partial charge on any atom is 0.277 e. The molecule has 0 atom stereocenters. The Morgan fingerprint density at radius 1 is 1.10 bits per heavy atom. The second kappa shape index (κ2) is 9.33. The number of amides is 1. The van der Waals surface area contributed by atoms with E-state index < -0.39 is 0 Å². The lowest BCUT2D eigenvalue weighted by Crippen LogP contribution is -2.30. The van der Waals surface area contributed by atoms with E-state index in [9.17, 15) is 4.79 Å². The molecule has 1 aromatic heterocycles. The molecule has 8 heteroatoms. The topological polar surface area (TPSA) is 71.3 Å². The van der Waals surface area contributed by atoms with Gasteiger partial charge in [-0.1, -0.05) is 41.6 Å². The van der Waals surface area contributed by atoms with Gasteiger partial charge in [0.1, 0.15) is 0 Å². The molecule has 4 rings (SSSR count). The van der Waals surface area contributed by atoms with Crippen molar-refractivity contribution in [2.45, 2.75) is 24.5 Å². The van der Waals surface area contributed by atoms with Crippen LogP contribution in [0.1, 0.15) is 19.3 Å². The first-order valence-corrected chi connectivity index (χ1v) is 10.9. The molecule has 0 radical (unpaired) electrons. The van der Waals surface area contributed by atoms with Crippen molar-refractivity contribution in [3.63, 3.8) is 0 Å². The third-order valence-electron chi connectivity index (χ3n) is 4.68. The molecule has 1 aliphatic rings. The maximum atomic E-state index is 12.5. The minimum absolute atomic E-state index is 0.144. The summed E-state index contributed by atoms with van der Waals surface area (Å²) in [6.07, 6.45) is 3.57. The van der Waals surface area contributed by atoms with Crippen molar-refractivity contribution in [1.29, 1.82) is 0 Å². The van der Waals surface area contributed by atoms with E-state index in [1.807, 2.05) is 42.5 Å². The third kappa shape index (κ3) is 5.10. The van der Waals surface area contributed by atoms with E-state index in [0.717, 1.165) is 42.9 Å². The molecule has 2 heterocycles. The Morgan fingerprint density at radius 3 is 2.69 bits per heavy atom. The molecule has 3 aromatic rings. The molecule has 29 heavy (non-hydrogen) atoms. The second-order valence-electron chi connectivity index (χ2n) is 6.79. The molecule has 1 N–H and O–H groups in total. The minimum atomic E-state index is -0.144. The number of carbonyl (C=O) groups excluding carboxylic acids is 1. The van der Waals surface area contributed by atoms with Gasteiger partial charge in [-0.3, -0.25) is 4.79 Å². The Bertz CT molecular complexity index is 974. The molecule has 150 valence electrons. The summed E-state index contributed by atoms with van der Waals surface area (Å²) >= 11 is 7.37. The summed E-state index contributed by atoms with van der Waals surface area (Å²) in [6.45, 7) is 1.98. The number of carbonyl (C=O) groups is 1. The van der Waals surface area contributed by atoms with Crippen molar-refractivity contribution in [2.75, 3.05) is 29.1 Å². The van der Waals surface area contributed by atoms with Gasteiger partial charge in [-0.25, -0.2) is 0 Å². The smallest absolute Gasteiger partial charge is 0.277 e. The molecule has 1 fully saturated rings. The zero-order chi connectivity index (χ0) is 20.1. The van der Waals surface area contributed by atoms with Gasteiger partial charge in [0.2, 0.25) is 11.8 Å². The van der Waals surface area contributed by atoms with E-state index in [4.69, 9.17) is 16.0 Å². The lowest BCUT2D eigenvalue weighted by Gasteiger charge is -2.30. The number of benzene rings is 2. The summed E-state index contributed by atoms with van der Waals surface area (Å²) in [5.41, 5.74) is 2.60. The van der Waals surface area contributed by atoms with Crippen LogP contribution >= 0.6 is 23.4 Å². The molecule has 1 saturated heterocycles. The number of nitrogens with one attached hydrogen (secondary N) is 1. The van der Waals surface area contributed by atoms with Crippen LogP contribution in [0.2, 0.25) is 5.02 Å². The molecule has 0 aliphatic carbocycles. The Balaban J connectivity index is 1.39. The van der Waals surface area contributed by atoms with E-state index in [0.29, 0.717) is 16.1 Å². The summed E-state index contributed by atoms with van der Waals surface area (Å²) < 4.78 is 5.64. The van der Waals surface area contributed by atoms with Crippen LogP contribution in [0, 0.1) is 0 Å². The number of hydrogen-bond donors (Lipinski definition) is 1. The lowest BCUT2D eigenvalue weighted by molar-refractivity contribution is -0.113. The van der Waals surface area contributed by atoms with Crippen LogP contribution in [0.15, 0.2) is 58.2 Å². The van der Waals surface area contributed by atoms with Crippen LogP contribution in [-0.2, 0) is 4.79 Å². The summed E-state index contributed by atoms with van der Waals surface area (Å²) in [7, 11) is 0. The number of piperidine rings is 1. The van der Waals surface area contributed by atoms with Crippen molar-refractivity contribution in [1.82, 2.24) is 10.2 Å². The van der Waals surface area contributed by atoms with Crippen molar-refractivity contribution >= 4 is 40.6 Å². The van der Waals surface area contributed by atoms with E-state index >= 15 is 0 Å². The predicted molar refractivity (Wildman–Crippen MR) is 117 cm³/mol. The Labute approximate surface area is 178 Å². The van der Waals surface area contributed by atoms with Gasteiger partial charge in [-0.15, -0.1) is 10.2 Å². The number of hydrogen-bond acceptors (Lipinski definition) is 6. The second-order valence-corrected chi connectivity index (χ2v) is 8.15. The Kier molecular flexibility index (Phi) is 6.36. The number of nitrogens with zero attached hydrogens (tertiary/aromatic N) is 3. The number of thioether (sulfide) groups is 1. The van der Waals surface area contributed by atoms with Gasteiger partial charge in [-0.2, -0.15) is 0 Å². The number of anilines is 2. The summed E-state index contributed by atoms with van der Waals surface area (Å²) in [5.74, 6) is 0.466. The first-order valence-electron chi connectivity index (χ1n) is 9.55. The van der Waals surface area contributed by atoms with Crippen molar-refractivity contribution in [2.24, 2.45) is 0 Å². The molecule has 0 bridgehead atoms. The normalized spacial score (nSPS) is 14.0. The van der Waals surface area contributed by atoms with E-state index in [-0.39, 0.29) is 11.7 Å². The highest BCUT2D eigenvalue weighted by molar-refractivity contribution is 7.99. The average Bonchev–Trinajstić information content (AvgIpc) is 3.23. The van der Waals surface area contributed by atoms with Gasteiger partial charge in [0.05, 0.1) is 17.1 Å². The number of halogens is 1. The monoisotopic (exact) mass is 428 g/mol. The van der Waals surface area contributed by atoms with Crippen molar-refractivity contribution < 1.29 is 9.21 Å². The predicted octanol–water partition coefficient (Wildman–Crippen LogP) is 5.11. The Morgan fingerprint density at radius 2 is 1.90 bits per heavy atom. The highest BCUT2D eigenvalue weighted by Gasteiger charge is 2.17. The molecule has 1 aliphatic heterocycles. The molecule has 6 nitrogen and oxygen atoms in total. The van der Waals surface area contributed by atoms with Gasteiger partial charge in [-0.05, 0) is 49.6 Å². The highest BCUT2D eigenvalue weighted by atomic mass is 35.5. The van der Waals surface area contributed by atoms with Gasteiger partial charge >= 0.3 is 0 Å². The molecule has 2 aromatic carbocycles. The lowest BCUT2D eigenvalue weighted by atomic mass is 10.1. The van der Waals surface area contributed by atoms with Crippen LogP contribution in [0.25, 0.3) is 11.5 Å². The van der Waals surface area contributed by atoms with E-state index in [2.05, 4.69) is 20.4 Å². The summed E-state index contributed by atoms with van der Waals surface area (Å²) in [5, 5.41) is 12.0. The average molecular weight is 429 g/mol. The summed E-state index contributed by atoms with van der Waals surface area (Å²) in [4.78, 5) is 14.8. The van der Waals surface area contributed by atoms with Crippen LogP contribution in [0.4, 0.5) is 11.4 Å². The third-order valence-corrected chi connectivity index (χ3v) is 5.74. The molecule has 0 unspecified atom stereocenters. The number of aromatic nitrogens is 2. The minimum Gasteiger partial charge on any atom is -0.411 e. The molecule has 1 amide bonds. The zero-order valence-electron chi connectivity index (χ0n) is 15.8. The van der Waals surface area contributed by atoms with E-state index in [1.165, 1.54) is 18.2 Å². The van der Waals surface area contributed by atoms with Gasteiger partial charge in [0, 0.05) is 23.7 Å². The van der Waals surface area contributed by atoms with Gasteiger partial charge in [0.25, 0.3) is 5.22 Å². The van der Waals surface area contributed by atoms with Gasteiger partial charge < -0.3 is 14.6 Å². The quantitative estimate of drug-likeness (QED) is 0.550. The Hall–Kier alpha value is -2.51. The molecular formula is C21H21ClN4O2S. The van der Waals surface area contributed by atoms with Gasteiger partial charge in [0.15, 0.2) is 0 Å².